The van der Waals surface area contributed by atoms with Crippen molar-refractivity contribution in [3.8, 4) is 0 Å². The van der Waals surface area contributed by atoms with E-state index in [1.54, 1.807) is 19.1 Å². The number of amides is 1. The van der Waals surface area contributed by atoms with Gasteiger partial charge in [0.25, 0.3) is 5.91 Å². The van der Waals surface area contributed by atoms with Gasteiger partial charge in [-0.25, -0.2) is 13.1 Å². The van der Waals surface area contributed by atoms with Gasteiger partial charge in [-0.2, -0.15) is 0 Å². The maximum atomic E-state index is 12.7. The number of carbonyl (C=O) groups excluding carboxylic acids is 1. The molecule has 0 radical (unpaired) electrons. The Labute approximate surface area is 160 Å². The van der Waals surface area contributed by atoms with Crippen LogP contribution in [0, 0.1) is 0 Å². The van der Waals surface area contributed by atoms with E-state index >= 15 is 0 Å². The van der Waals surface area contributed by atoms with Crippen LogP contribution in [0.2, 0.25) is 0 Å². The van der Waals surface area contributed by atoms with Crippen LogP contribution in [0.5, 0.6) is 0 Å². The molecule has 2 aromatic carbocycles. The van der Waals surface area contributed by atoms with E-state index in [2.05, 4.69) is 15.4 Å². The molecule has 1 saturated heterocycles. The molecule has 2 atom stereocenters. The number of hydrogen-bond acceptors (Lipinski definition) is 4. The van der Waals surface area contributed by atoms with Crippen LogP contribution in [0.4, 0.5) is 0 Å². The second kappa shape index (κ2) is 8.65. The Bertz CT molecular complexity index is 878. The number of rotatable bonds is 7. The van der Waals surface area contributed by atoms with E-state index in [1.807, 2.05) is 30.3 Å². The van der Waals surface area contributed by atoms with Crippen molar-refractivity contribution in [3.63, 3.8) is 0 Å². The van der Waals surface area contributed by atoms with Crippen molar-refractivity contribution in [2.24, 2.45) is 0 Å². The molecule has 0 spiro atoms. The third-order valence-corrected chi connectivity index (χ3v) is 6.25. The molecule has 1 amide bonds. The molecule has 0 aromatic heterocycles. The zero-order valence-corrected chi connectivity index (χ0v) is 16.1. The summed E-state index contributed by atoms with van der Waals surface area (Å²) in [7, 11) is -3.74. The van der Waals surface area contributed by atoms with Gasteiger partial charge in [-0.3, -0.25) is 4.79 Å². The molecule has 2 unspecified atom stereocenters. The third kappa shape index (κ3) is 5.15. The molecule has 1 heterocycles. The molecule has 0 aliphatic carbocycles. The van der Waals surface area contributed by atoms with E-state index < -0.39 is 10.0 Å². The Kier molecular flexibility index (Phi) is 6.26. The molecule has 7 heteroatoms. The van der Waals surface area contributed by atoms with Crippen molar-refractivity contribution in [1.29, 1.82) is 0 Å². The van der Waals surface area contributed by atoms with E-state index in [4.69, 9.17) is 0 Å². The number of sulfonamides is 1. The first-order valence-electron chi connectivity index (χ1n) is 9.14. The van der Waals surface area contributed by atoms with Crippen molar-refractivity contribution < 1.29 is 13.2 Å². The summed E-state index contributed by atoms with van der Waals surface area (Å²) in [5, 5.41) is 6.19. The Morgan fingerprint density at radius 3 is 2.67 bits per heavy atom. The van der Waals surface area contributed by atoms with Crippen LogP contribution in [0.3, 0.4) is 0 Å². The van der Waals surface area contributed by atoms with Crippen LogP contribution in [-0.2, 0) is 10.0 Å². The summed E-state index contributed by atoms with van der Waals surface area (Å²) in [6.45, 7) is 3.30. The van der Waals surface area contributed by atoms with Crippen LogP contribution < -0.4 is 15.4 Å². The predicted molar refractivity (Wildman–Crippen MR) is 105 cm³/mol. The molecule has 27 heavy (non-hydrogen) atoms. The fourth-order valence-electron chi connectivity index (χ4n) is 3.16. The number of nitrogens with one attached hydrogen (secondary N) is 3. The van der Waals surface area contributed by atoms with E-state index in [0.717, 1.165) is 24.9 Å². The first-order valence-corrected chi connectivity index (χ1v) is 10.6. The van der Waals surface area contributed by atoms with Gasteiger partial charge in [0.15, 0.2) is 0 Å². The van der Waals surface area contributed by atoms with Gasteiger partial charge < -0.3 is 10.6 Å². The summed E-state index contributed by atoms with van der Waals surface area (Å²) < 4.78 is 28.1. The average Bonchev–Trinajstić information content (AvgIpc) is 3.20. The van der Waals surface area contributed by atoms with Gasteiger partial charge >= 0.3 is 0 Å². The van der Waals surface area contributed by atoms with Gasteiger partial charge in [0, 0.05) is 24.2 Å². The molecule has 6 nitrogen and oxygen atoms in total. The summed E-state index contributed by atoms with van der Waals surface area (Å²) >= 11 is 0. The van der Waals surface area contributed by atoms with Crippen LogP contribution in [0.1, 0.15) is 41.7 Å². The monoisotopic (exact) mass is 387 g/mol. The third-order valence-electron chi connectivity index (χ3n) is 4.71. The molecule has 0 saturated carbocycles. The highest BCUT2D eigenvalue weighted by Crippen LogP contribution is 2.17. The number of carbonyl (C=O) groups is 1. The zero-order valence-electron chi connectivity index (χ0n) is 15.3. The van der Waals surface area contributed by atoms with Crippen molar-refractivity contribution in [1.82, 2.24) is 15.4 Å². The minimum atomic E-state index is -3.74. The van der Waals surface area contributed by atoms with Crippen molar-refractivity contribution in [3.05, 3.63) is 65.7 Å². The molecule has 1 aliphatic heterocycles. The lowest BCUT2D eigenvalue weighted by atomic mass is 10.1. The lowest BCUT2D eigenvalue weighted by molar-refractivity contribution is 0.0950. The SMILES string of the molecule is CC(NS(=O)(=O)c1cccc(C(=O)NCC2CCCN2)c1)c1ccccc1. The average molecular weight is 388 g/mol. The zero-order chi connectivity index (χ0) is 19.3. The minimum absolute atomic E-state index is 0.0805. The van der Waals surface area contributed by atoms with E-state index in [9.17, 15) is 13.2 Å². The Hall–Kier alpha value is -2.22. The maximum Gasteiger partial charge on any atom is 0.251 e. The van der Waals surface area contributed by atoms with Crippen LogP contribution in [0.15, 0.2) is 59.5 Å². The molecule has 2 aromatic rings. The van der Waals surface area contributed by atoms with Crippen LogP contribution >= 0.6 is 0 Å². The Morgan fingerprint density at radius 2 is 1.96 bits per heavy atom. The van der Waals surface area contributed by atoms with Crippen molar-refractivity contribution >= 4 is 15.9 Å². The van der Waals surface area contributed by atoms with Gasteiger partial charge in [0.1, 0.15) is 0 Å². The summed E-state index contributed by atoms with van der Waals surface area (Å²) in [5.74, 6) is -0.267. The highest BCUT2D eigenvalue weighted by Gasteiger charge is 2.20. The molecule has 0 bridgehead atoms. The fourth-order valence-corrected chi connectivity index (χ4v) is 4.44. The predicted octanol–water partition coefficient (Wildman–Crippen LogP) is 2.21. The topological polar surface area (TPSA) is 87.3 Å². The van der Waals surface area contributed by atoms with Gasteiger partial charge in [0.05, 0.1) is 4.90 Å². The van der Waals surface area contributed by atoms with Crippen LogP contribution in [-0.4, -0.2) is 33.5 Å². The summed E-state index contributed by atoms with van der Waals surface area (Å²) in [5.41, 5.74) is 1.21. The Morgan fingerprint density at radius 1 is 1.19 bits per heavy atom. The highest BCUT2D eigenvalue weighted by atomic mass is 32.2. The largest absolute Gasteiger partial charge is 0.350 e. The van der Waals surface area contributed by atoms with E-state index in [1.165, 1.54) is 12.1 Å². The highest BCUT2D eigenvalue weighted by molar-refractivity contribution is 7.89. The molecular formula is C20H25N3O3S. The van der Waals surface area contributed by atoms with Crippen molar-refractivity contribution in [2.75, 3.05) is 13.1 Å². The summed E-state index contributed by atoms with van der Waals surface area (Å²) in [6.07, 6.45) is 2.15. The van der Waals surface area contributed by atoms with Crippen LogP contribution in [0.25, 0.3) is 0 Å². The number of benzene rings is 2. The molecule has 1 fully saturated rings. The van der Waals surface area contributed by atoms with E-state index in [-0.39, 0.29) is 22.9 Å². The first kappa shape index (κ1) is 19.5. The molecular weight excluding hydrogens is 362 g/mol. The minimum Gasteiger partial charge on any atom is -0.350 e. The second-order valence-electron chi connectivity index (χ2n) is 6.78. The smallest absolute Gasteiger partial charge is 0.251 e. The molecule has 3 N–H and O–H groups in total. The second-order valence-corrected chi connectivity index (χ2v) is 8.50. The Balaban J connectivity index is 1.68. The fraction of sp³-hybridized carbons (Fsp3) is 0.350. The lowest BCUT2D eigenvalue weighted by Crippen LogP contribution is -2.37. The normalized spacial score (nSPS) is 18.2. The van der Waals surface area contributed by atoms with Gasteiger partial charge in [0.2, 0.25) is 10.0 Å². The maximum absolute atomic E-state index is 12.7. The summed E-state index contributed by atoms with van der Waals surface area (Å²) in [4.78, 5) is 12.5. The number of hydrogen-bond donors (Lipinski definition) is 3. The van der Waals surface area contributed by atoms with Gasteiger partial charge in [-0.15, -0.1) is 0 Å². The van der Waals surface area contributed by atoms with Crippen molar-refractivity contribution in [2.45, 2.75) is 36.7 Å². The van der Waals surface area contributed by atoms with Gasteiger partial charge in [-0.1, -0.05) is 36.4 Å². The summed E-state index contributed by atoms with van der Waals surface area (Å²) in [6, 6.07) is 15.4. The van der Waals surface area contributed by atoms with Gasteiger partial charge in [-0.05, 0) is 50.1 Å². The molecule has 1 aliphatic rings. The first-order chi connectivity index (χ1) is 13.0. The lowest BCUT2D eigenvalue weighted by Gasteiger charge is -2.15. The quantitative estimate of drug-likeness (QED) is 0.680. The standard InChI is InChI=1S/C20H25N3O3S/c1-15(16-7-3-2-4-8-16)23-27(25,26)19-11-5-9-17(13-19)20(24)22-14-18-10-6-12-21-18/h2-5,7-9,11,13,15,18,21,23H,6,10,12,14H2,1H3,(H,22,24). The molecule has 3 rings (SSSR count). The van der Waals surface area contributed by atoms with E-state index in [0.29, 0.717) is 12.1 Å². The molecule has 144 valence electrons.